The zero-order chi connectivity index (χ0) is 12.3. The van der Waals surface area contributed by atoms with Gasteiger partial charge in [-0.15, -0.1) is 0 Å². The highest BCUT2D eigenvalue weighted by Gasteiger charge is 2.59. The fraction of sp³-hybridized carbons (Fsp3) is 0.467. The molecule has 1 amide bonds. The predicted molar refractivity (Wildman–Crippen MR) is 65.7 cm³/mol. The van der Waals surface area contributed by atoms with Crippen LogP contribution in [0.3, 0.4) is 0 Å². The molecule has 3 heteroatoms. The van der Waals surface area contributed by atoms with Crippen molar-refractivity contribution in [2.24, 2.45) is 11.8 Å². The van der Waals surface area contributed by atoms with Crippen molar-refractivity contribution in [3.8, 4) is 0 Å². The van der Waals surface area contributed by atoms with E-state index in [-0.39, 0.29) is 23.9 Å². The van der Waals surface area contributed by atoms with E-state index >= 15 is 0 Å². The van der Waals surface area contributed by atoms with Gasteiger partial charge in [0.1, 0.15) is 5.78 Å². The van der Waals surface area contributed by atoms with Crippen molar-refractivity contribution in [3.05, 3.63) is 35.9 Å². The lowest BCUT2D eigenvalue weighted by Crippen LogP contribution is -2.57. The molecule has 3 fully saturated rings. The number of piperidine rings is 1. The molecule has 1 aromatic rings. The average molecular weight is 241 g/mol. The van der Waals surface area contributed by atoms with E-state index in [2.05, 4.69) is 0 Å². The van der Waals surface area contributed by atoms with Crippen molar-refractivity contribution < 1.29 is 9.59 Å². The van der Waals surface area contributed by atoms with Crippen LogP contribution in [0.25, 0.3) is 0 Å². The molecule has 2 saturated heterocycles. The van der Waals surface area contributed by atoms with E-state index in [1.807, 2.05) is 35.2 Å². The Morgan fingerprint density at radius 3 is 2.61 bits per heavy atom. The third-order valence-corrected chi connectivity index (χ3v) is 4.83. The van der Waals surface area contributed by atoms with Gasteiger partial charge in [0, 0.05) is 24.8 Å². The maximum atomic E-state index is 12.2. The summed E-state index contributed by atoms with van der Waals surface area (Å²) in [6.45, 7) is 0. The largest absolute Gasteiger partial charge is 0.331 e. The third kappa shape index (κ3) is 1.19. The lowest BCUT2D eigenvalue weighted by Gasteiger charge is -2.50. The van der Waals surface area contributed by atoms with Gasteiger partial charge in [0.2, 0.25) is 5.91 Å². The van der Waals surface area contributed by atoms with E-state index in [0.717, 1.165) is 12.0 Å². The van der Waals surface area contributed by atoms with Gasteiger partial charge in [0.15, 0.2) is 0 Å². The molecule has 0 radical (unpaired) electrons. The van der Waals surface area contributed by atoms with Gasteiger partial charge in [-0.05, 0) is 17.9 Å². The second kappa shape index (κ2) is 3.44. The molecular weight excluding hydrogens is 226 g/mol. The van der Waals surface area contributed by atoms with Gasteiger partial charge in [0.05, 0.1) is 6.04 Å². The topological polar surface area (TPSA) is 37.4 Å². The molecule has 0 spiro atoms. The van der Waals surface area contributed by atoms with Crippen LogP contribution in [0.5, 0.6) is 0 Å². The molecule has 0 bridgehead atoms. The standard InChI is InChI=1S/C15H15NO2/c17-13-8-12(9-4-2-1-3-5-9)16-14(18)7-10-6-11(13)15(10)16/h1-5,10-12,15H,6-8H2/t10-,11+,12-,15+/m0/s1. The van der Waals surface area contributed by atoms with Crippen LogP contribution in [0.4, 0.5) is 0 Å². The number of carbonyl (C=O) groups is 2. The SMILES string of the molecule is O=C1C[C@@H](c2ccccc2)N2C(=O)C[C@@H]3C[C@H]1[C@@H]32. The zero-order valence-electron chi connectivity index (χ0n) is 10.1. The van der Waals surface area contributed by atoms with Crippen LogP contribution in [-0.2, 0) is 9.59 Å². The van der Waals surface area contributed by atoms with Crippen molar-refractivity contribution in [1.29, 1.82) is 0 Å². The van der Waals surface area contributed by atoms with Crippen molar-refractivity contribution in [2.45, 2.75) is 31.3 Å². The first-order valence-electron chi connectivity index (χ1n) is 6.64. The van der Waals surface area contributed by atoms with Gasteiger partial charge in [-0.1, -0.05) is 30.3 Å². The molecule has 2 heterocycles. The smallest absolute Gasteiger partial charge is 0.223 e. The highest BCUT2D eigenvalue weighted by atomic mass is 16.2. The summed E-state index contributed by atoms with van der Waals surface area (Å²) < 4.78 is 0. The van der Waals surface area contributed by atoms with Gasteiger partial charge in [-0.25, -0.2) is 0 Å². The number of amides is 1. The van der Waals surface area contributed by atoms with Crippen LogP contribution in [0.15, 0.2) is 30.3 Å². The highest BCUT2D eigenvalue weighted by Crippen LogP contribution is 2.53. The van der Waals surface area contributed by atoms with Crippen LogP contribution in [0, 0.1) is 11.8 Å². The molecule has 3 aliphatic rings. The first-order chi connectivity index (χ1) is 8.75. The fourth-order valence-electron chi connectivity index (χ4n) is 3.96. The predicted octanol–water partition coefficient (Wildman–Crippen LogP) is 1.94. The number of benzene rings is 1. The molecule has 4 atom stereocenters. The Bertz CT molecular complexity index is 525. The van der Waals surface area contributed by atoms with Crippen LogP contribution in [0.1, 0.15) is 30.9 Å². The molecule has 1 aliphatic carbocycles. The van der Waals surface area contributed by atoms with E-state index in [1.54, 1.807) is 0 Å². The minimum absolute atomic E-state index is 0.0160. The van der Waals surface area contributed by atoms with Crippen molar-refractivity contribution in [2.75, 3.05) is 0 Å². The number of hydrogen-bond donors (Lipinski definition) is 0. The summed E-state index contributed by atoms with van der Waals surface area (Å²) in [5, 5.41) is 0. The Hall–Kier alpha value is -1.64. The fourth-order valence-corrected chi connectivity index (χ4v) is 3.96. The first kappa shape index (κ1) is 10.3. The van der Waals surface area contributed by atoms with Crippen LogP contribution in [0.2, 0.25) is 0 Å². The quantitative estimate of drug-likeness (QED) is 0.753. The molecule has 0 N–H and O–H groups in total. The van der Waals surface area contributed by atoms with Crippen molar-refractivity contribution in [3.63, 3.8) is 0 Å². The number of nitrogens with zero attached hydrogens (tertiary/aromatic N) is 1. The Kier molecular flexibility index (Phi) is 1.97. The Labute approximate surface area is 106 Å². The summed E-state index contributed by atoms with van der Waals surface area (Å²) >= 11 is 0. The number of rotatable bonds is 1. The molecule has 3 nitrogen and oxygen atoms in total. The second-order valence-electron chi connectivity index (χ2n) is 5.69. The number of carbonyl (C=O) groups excluding carboxylic acids is 2. The molecule has 4 rings (SSSR count). The summed E-state index contributed by atoms with van der Waals surface area (Å²) in [7, 11) is 0. The lowest BCUT2D eigenvalue weighted by atomic mass is 9.65. The number of Topliss-reactive ketones (excluding diaryl/α,β-unsaturated/α-hetero) is 1. The van der Waals surface area contributed by atoms with Crippen molar-refractivity contribution in [1.82, 2.24) is 4.90 Å². The third-order valence-electron chi connectivity index (χ3n) is 4.83. The zero-order valence-corrected chi connectivity index (χ0v) is 10.1. The maximum absolute atomic E-state index is 12.2. The van der Waals surface area contributed by atoms with Crippen LogP contribution >= 0.6 is 0 Å². The van der Waals surface area contributed by atoms with E-state index in [9.17, 15) is 9.59 Å². The first-order valence-corrected chi connectivity index (χ1v) is 6.64. The molecule has 92 valence electrons. The lowest BCUT2D eigenvalue weighted by molar-refractivity contribution is -0.146. The Balaban J connectivity index is 1.75. The second-order valence-corrected chi connectivity index (χ2v) is 5.69. The molecule has 1 aromatic carbocycles. The normalized spacial score (nSPS) is 37.4. The summed E-state index contributed by atoms with van der Waals surface area (Å²) in [4.78, 5) is 26.3. The van der Waals surface area contributed by atoms with Crippen LogP contribution < -0.4 is 0 Å². The Morgan fingerprint density at radius 1 is 1.06 bits per heavy atom. The molecular formula is C15H15NO2. The van der Waals surface area contributed by atoms with E-state index in [0.29, 0.717) is 24.5 Å². The van der Waals surface area contributed by atoms with Gasteiger partial charge < -0.3 is 4.90 Å². The summed E-state index contributed by atoms with van der Waals surface area (Å²) in [6.07, 6.45) is 2.09. The highest BCUT2D eigenvalue weighted by molar-refractivity contribution is 5.91. The summed E-state index contributed by atoms with van der Waals surface area (Å²) in [5.41, 5.74) is 1.10. The molecule has 0 aromatic heterocycles. The van der Waals surface area contributed by atoms with Crippen LogP contribution in [-0.4, -0.2) is 22.6 Å². The summed E-state index contributed by atoms with van der Waals surface area (Å²) in [6, 6.07) is 10.2. The minimum atomic E-state index is -0.0160. The monoisotopic (exact) mass is 241 g/mol. The molecule has 1 saturated carbocycles. The number of ketones is 1. The molecule has 18 heavy (non-hydrogen) atoms. The molecule has 0 unspecified atom stereocenters. The van der Waals surface area contributed by atoms with Gasteiger partial charge in [-0.2, -0.15) is 0 Å². The number of hydrogen-bond acceptors (Lipinski definition) is 2. The van der Waals surface area contributed by atoms with E-state index < -0.39 is 0 Å². The Morgan fingerprint density at radius 2 is 1.83 bits per heavy atom. The summed E-state index contributed by atoms with van der Waals surface area (Å²) in [5.74, 6) is 1.18. The van der Waals surface area contributed by atoms with E-state index in [4.69, 9.17) is 0 Å². The minimum Gasteiger partial charge on any atom is -0.331 e. The van der Waals surface area contributed by atoms with Gasteiger partial charge in [0.25, 0.3) is 0 Å². The maximum Gasteiger partial charge on any atom is 0.223 e. The van der Waals surface area contributed by atoms with Gasteiger partial charge in [-0.3, -0.25) is 9.59 Å². The van der Waals surface area contributed by atoms with Gasteiger partial charge >= 0.3 is 0 Å². The van der Waals surface area contributed by atoms with Crippen molar-refractivity contribution >= 4 is 11.7 Å². The average Bonchev–Trinajstić information content (AvgIpc) is 2.64. The molecule has 2 aliphatic heterocycles. The van der Waals surface area contributed by atoms with E-state index in [1.165, 1.54) is 0 Å².